The van der Waals surface area contributed by atoms with Crippen molar-refractivity contribution in [1.29, 1.82) is 0 Å². The van der Waals surface area contributed by atoms with Gasteiger partial charge in [-0.3, -0.25) is 4.57 Å². The molecule has 6 nitrogen and oxygen atoms in total. The minimum atomic E-state index is -4.12. The van der Waals surface area contributed by atoms with Crippen molar-refractivity contribution in [1.82, 2.24) is 0 Å². The number of rotatable bonds is 2. The van der Waals surface area contributed by atoms with E-state index in [4.69, 9.17) is 26.0 Å². The zero-order chi connectivity index (χ0) is 10.8. The molecule has 1 aliphatic rings. The molecule has 1 fully saturated rings. The first-order chi connectivity index (χ1) is 6.38. The van der Waals surface area contributed by atoms with Crippen molar-refractivity contribution in [2.45, 2.75) is 24.6 Å². The van der Waals surface area contributed by atoms with Crippen molar-refractivity contribution in [3.8, 4) is 0 Å². The quantitative estimate of drug-likeness (QED) is 0.450. The molecule has 82 valence electrons. The van der Waals surface area contributed by atoms with Crippen LogP contribution in [-0.2, 0) is 9.30 Å². The molecule has 1 heterocycles. The molecule has 1 rings (SSSR count). The average molecular weight is 222 g/mol. The third-order valence-corrected chi connectivity index (χ3v) is 2.53. The molecule has 0 aromatic heterocycles. The molecule has 1 aliphatic heterocycles. The predicted molar refractivity (Wildman–Crippen MR) is 51.5 cm³/mol. The monoisotopic (exact) mass is 222 g/mol. The fourth-order valence-electron chi connectivity index (χ4n) is 1.31. The van der Waals surface area contributed by atoms with Gasteiger partial charge in [-0.05, 0) is 12.5 Å². The summed E-state index contributed by atoms with van der Waals surface area (Å²) < 4.78 is 15.7. The second-order valence-corrected chi connectivity index (χ2v) is 4.86. The Labute approximate surface area is 82.1 Å². The van der Waals surface area contributed by atoms with E-state index >= 15 is 0 Å². The summed E-state index contributed by atoms with van der Waals surface area (Å²) in [5, 5.41) is 0. The molecule has 1 saturated heterocycles. The number of hydrogen-bond acceptors (Lipinski definition) is 4. The van der Waals surface area contributed by atoms with Gasteiger partial charge in [-0.1, -0.05) is 0 Å². The Morgan fingerprint density at radius 3 is 2.57 bits per heavy atom. The van der Waals surface area contributed by atoms with Crippen LogP contribution in [0.5, 0.6) is 0 Å². The molecule has 0 amide bonds. The lowest BCUT2D eigenvalue weighted by Crippen LogP contribution is -2.48. The van der Waals surface area contributed by atoms with Crippen LogP contribution in [-0.4, -0.2) is 34.6 Å². The molecule has 0 bridgehead atoms. The summed E-state index contributed by atoms with van der Waals surface area (Å²) in [5.74, 6) is 0.814. The highest BCUT2D eigenvalue weighted by Gasteiger charge is 2.25. The van der Waals surface area contributed by atoms with Crippen molar-refractivity contribution in [3.05, 3.63) is 11.9 Å². The normalized spacial score (nSPS) is 35.0. The largest absolute Gasteiger partial charge is 0.371 e. The molecule has 7 heteroatoms. The molecule has 6 N–H and O–H groups in total. The molecule has 14 heavy (non-hydrogen) atoms. The van der Waals surface area contributed by atoms with Gasteiger partial charge in [0.15, 0.2) is 0 Å². The van der Waals surface area contributed by atoms with Crippen LogP contribution in [0.1, 0.15) is 6.42 Å². The highest BCUT2D eigenvalue weighted by Crippen LogP contribution is 2.36. The van der Waals surface area contributed by atoms with Gasteiger partial charge in [-0.15, -0.1) is 0 Å². The second kappa shape index (κ2) is 4.53. The van der Waals surface area contributed by atoms with Gasteiger partial charge in [0.25, 0.3) is 0 Å². The van der Waals surface area contributed by atoms with E-state index in [1.165, 1.54) is 6.08 Å². The van der Waals surface area contributed by atoms with Crippen LogP contribution in [0.4, 0.5) is 0 Å². The van der Waals surface area contributed by atoms with E-state index in [0.717, 1.165) is 5.82 Å². The van der Waals surface area contributed by atoms with Crippen LogP contribution in [0.3, 0.4) is 0 Å². The number of ether oxygens (including phenoxy) is 1. The summed E-state index contributed by atoms with van der Waals surface area (Å²) >= 11 is 0. The fraction of sp³-hybridized carbons (Fsp3) is 0.714. The fourth-order valence-corrected chi connectivity index (χ4v) is 1.70. The Bertz CT molecular complexity index is 264. The molecule has 0 aliphatic carbocycles. The lowest BCUT2D eigenvalue weighted by Gasteiger charge is -2.30. The van der Waals surface area contributed by atoms with Crippen molar-refractivity contribution >= 4 is 7.60 Å². The van der Waals surface area contributed by atoms with Crippen LogP contribution >= 0.6 is 7.60 Å². The topological polar surface area (TPSA) is 119 Å². The van der Waals surface area contributed by atoms with Crippen molar-refractivity contribution in [3.63, 3.8) is 0 Å². The number of nitrogens with two attached hydrogens (primary N) is 2. The first-order valence-electron chi connectivity index (χ1n) is 4.26. The van der Waals surface area contributed by atoms with Crippen LogP contribution < -0.4 is 11.5 Å². The molecule has 0 saturated carbocycles. The molecule has 3 unspecified atom stereocenters. The minimum absolute atomic E-state index is 0.0929. The van der Waals surface area contributed by atoms with Crippen LogP contribution in [0.2, 0.25) is 0 Å². The maximum atomic E-state index is 10.5. The lowest BCUT2D eigenvalue weighted by atomic mass is 10.0. The second-order valence-electron chi connectivity index (χ2n) is 3.39. The van der Waals surface area contributed by atoms with Crippen molar-refractivity contribution < 1.29 is 19.1 Å². The summed E-state index contributed by atoms with van der Waals surface area (Å²) in [7, 11) is -4.12. The summed E-state index contributed by atoms with van der Waals surface area (Å²) in [6, 6.07) is -0.397. The molecular weight excluding hydrogens is 207 g/mol. The van der Waals surface area contributed by atoms with Gasteiger partial charge >= 0.3 is 7.60 Å². The molecule has 3 atom stereocenters. The van der Waals surface area contributed by atoms with Gasteiger partial charge in [-0.25, -0.2) is 0 Å². The molecular formula is C7H15N2O4P. The summed E-state index contributed by atoms with van der Waals surface area (Å²) in [4.78, 5) is 17.2. The maximum absolute atomic E-state index is 10.5. The molecule has 0 aromatic carbocycles. The average Bonchev–Trinajstić information content (AvgIpc) is 2.00. The molecule has 0 aromatic rings. The van der Waals surface area contributed by atoms with E-state index in [1.54, 1.807) is 0 Å². The highest BCUT2D eigenvalue weighted by atomic mass is 31.2. The first kappa shape index (κ1) is 11.8. The Morgan fingerprint density at radius 1 is 1.43 bits per heavy atom. The van der Waals surface area contributed by atoms with E-state index < -0.39 is 13.7 Å². The van der Waals surface area contributed by atoms with Gasteiger partial charge in [0.05, 0.1) is 12.7 Å². The third kappa shape index (κ3) is 3.88. The molecule has 0 radical (unpaired) electrons. The predicted octanol–water partition coefficient (Wildman–Crippen LogP) is -0.879. The Morgan fingerprint density at radius 2 is 2.07 bits per heavy atom. The third-order valence-electron chi connectivity index (χ3n) is 1.97. The zero-order valence-corrected chi connectivity index (χ0v) is 8.51. The van der Waals surface area contributed by atoms with E-state index in [0.29, 0.717) is 13.0 Å². The standard InChI is InChI=1S/C7H15N2O4P/c8-5-3-6(9)7(13-4-5)1-2-14(10,11)12/h1-2,5-7H,3-4,8-9H2,(H2,10,11,12)/b2-1+. The lowest BCUT2D eigenvalue weighted by molar-refractivity contribution is 0.0200. The van der Waals surface area contributed by atoms with E-state index in [2.05, 4.69) is 0 Å². The van der Waals surface area contributed by atoms with Crippen molar-refractivity contribution in [2.24, 2.45) is 11.5 Å². The van der Waals surface area contributed by atoms with Crippen LogP contribution in [0.25, 0.3) is 0 Å². The van der Waals surface area contributed by atoms with Gasteiger partial charge in [0.1, 0.15) is 0 Å². The van der Waals surface area contributed by atoms with Crippen molar-refractivity contribution in [2.75, 3.05) is 6.61 Å². The van der Waals surface area contributed by atoms with Gasteiger partial charge in [-0.2, -0.15) is 0 Å². The van der Waals surface area contributed by atoms with Gasteiger partial charge in [0, 0.05) is 17.9 Å². The Hall–Kier alpha value is -0.230. The highest BCUT2D eigenvalue weighted by molar-refractivity contribution is 7.55. The summed E-state index contributed by atoms with van der Waals surface area (Å²) in [6.45, 7) is 0.365. The summed E-state index contributed by atoms with van der Waals surface area (Å²) in [6.07, 6.45) is 1.44. The maximum Gasteiger partial charge on any atom is 0.348 e. The minimum Gasteiger partial charge on any atom is -0.371 e. The van der Waals surface area contributed by atoms with E-state index in [1.807, 2.05) is 0 Å². The number of hydrogen-bond donors (Lipinski definition) is 4. The SMILES string of the molecule is NC1COC(/C=C/P(=O)(O)O)C(N)C1. The van der Waals surface area contributed by atoms with Crippen LogP contribution in [0, 0.1) is 0 Å². The van der Waals surface area contributed by atoms with Gasteiger partial charge in [0.2, 0.25) is 0 Å². The zero-order valence-electron chi connectivity index (χ0n) is 7.61. The first-order valence-corrected chi connectivity index (χ1v) is 5.94. The smallest absolute Gasteiger partial charge is 0.348 e. The van der Waals surface area contributed by atoms with Gasteiger partial charge < -0.3 is 26.0 Å². The molecule has 0 spiro atoms. The van der Waals surface area contributed by atoms with E-state index in [9.17, 15) is 4.57 Å². The summed E-state index contributed by atoms with van der Waals surface area (Å²) in [5.41, 5.74) is 11.3. The Kier molecular flexibility index (Phi) is 3.83. The Balaban J connectivity index is 2.54. The van der Waals surface area contributed by atoms with E-state index in [-0.39, 0.29) is 12.1 Å². The van der Waals surface area contributed by atoms with Crippen LogP contribution in [0.15, 0.2) is 11.9 Å².